The molecule has 1 aromatic heterocycles. The van der Waals surface area contributed by atoms with Crippen molar-refractivity contribution >= 4 is 22.9 Å². The van der Waals surface area contributed by atoms with Crippen molar-refractivity contribution in [2.24, 2.45) is 0 Å². The second kappa shape index (κ2) is 6.20. The van der Waals surface area contributed by atoms with Crippen molar-refractivity contribution in [1.82, 2.24) is 10.2 Å². The number of alkyl halides is 1. The number of rotatable bonds is 5. The second-order valence-corrected chi connectivity index (χ2v) is 5.28. The molecule has 96 valence electrons. The molecule has 6 heteroatoms. The molecule has 1 aromatic carbocycles. The zero-order chi connectivity index (χ0) is 13.0. The lowest BCUT2D eigenvalue weighted by Gasteiger charge is -2.01. The summed E-state index contributed by atoms with van der Waals surface area (Å²) >= 11 is 6.96. The van der Waals surface area contributed by atoms with Crippen LogP contribution < -0.4 is 0 Å². The highest BCUT2D eigenvalue weighted by Crippen LogP contribution is 2.20. The van der Waals surface area contributed by atoms with Gasteiger partial charge in [-0.25, -0.2) is 8.78 Å². The van der Waals surface area contributed by atoms with Crippen LogP contribution in [0.1, 0.15) is 22.0 Å². The van der Waals surface area contributed by atoms with E-state index < -0.39 is 11.6 Å². The van der Waals surface area contributed by atoms with Crippen LogP contribution in [0, 0.1) is 11.6 Å². The molecule has 0 spiro atoms. The standard InChI is InChI=1S/C12H11ClF2N2S/c13-6-2-5-11-16-17-12(18-11)7-8-9(14)3-1-4-10(8)15/h1,3-4H,2,5-7H2. The lowest BCUT2D eigenvalue weighted by molar-refractivity contribution is 0.561. The maximum absolute atomic E-state index is 13.4. The van der Waals surface area contributed by atoms with Crippen molar-refractivity contribution in [1.29, 1.82) is 0 Å². The van der Waals surface area contributed by atoms with Crippen LogP contribution in [-0.2, 0) is 12.8 Å². The fraction of sp³-hybridized carbons (Fsp3) is 0.333. The van der Waals surface area contributed by atoms with Gasteiger partial charge in [0.25, 0.3) is 0 Å². The average Bonchev–Trinajstić information content (AvgIpc) is 2.79. The quantitative estimate of drug-likeness (QED) is 0.786. The fourth-order valence-corrected chi connectivity index (χ4v) is 2.56. The van der Waals surface area contributed by atoms with Gasteiger partial charge in [-0.15, -0.1) is 33.1 Å². The first-order valence-corrected chi connectivity index (χ1v) is 6.86. The molecule has 1 heterocycles. The van der Waals surface area contributed by atoms with Crippen LogP contribution in [-0.4, -0.2) is 16.1 Å². The molecule has 0 bridgehead atoms. The highest BCUT2D eigenvalue weighted by Gasteiger charge is 2.12. The summed E-state index contributed by atoms with van der Waals surface area (Å²) in [6, 6.07) is 3.84. The average molecular weight is 289 g/mol. The summed E-state index contributed by atoms with van der Waals surface area (Å²) in [6.07, 6.45) is 1.71. The predicted octanol–water partition coefficient (Wildman–Crippen LogP) is 3.58. The van der Waals surface area contributed by atoms with Gasteiger partial charge in [-0.3, -0.25) is 0 Å². The third-order valence-corrected chi connectivity index (χ3v) is 3.67. The Balaban J connectivity index is 2.11. The minimum absolute atomic E-state index is 0.0394. The van der Waals surface area contributed by atoms with Crippen molar-refractivity contribution in [3.8, 4) is 0 Å². The molecule has 2 rings (SSSR count). The van der Waals surface area contributed by atoms with E-state index in [1.54, 1.807) is 0 Å². The van der Waals surface area contributed by atoms with Crippen molar-refractivity contribution in [3.05, 3.63) is 45.4 Å². The van der Waals surface area contributed by atoms with Crippen LogP contribution in [0.3, 0.4) is 0 Å². The molecular weight excluding hydrogens is 278 g/mol. The van der Waals surface area contributed by atoms with E-state index in [2.05, 4.69) is 10.2 Å². The minimum Gasteiger partial charge on any atom is -0.207 e. The SMILES string of the molecule is Fc1cccc(F)c1Cc1nnc(CCCCl)s1. The molecule has 0 aliphatic heterocycles. The Morgan fingerprint density at radius 1 is 1.11 bits per heavy atom. The zero-order valence-electron chi connectivity index (χ0n) is 9.50. The Bertz CT molecular complexity index is 510. The first-order chi connectivity index (χ1) is 8.70. The molecule has 0 aliphatic rings. The van der Waals surface area contributed by atoms with E-state index in [1.165, 1.54) is 29.5 Å². The van der Waals surface area contributed by atoms with Crippen LogP contribution in [0.25, 0.3) is 0 Å². The minimum atomic E-state index is -0.549. The van der Waals surface area contributed by atoms with Gasteiger partial charge in [0.2, 0.25) is 0 Å². The maximum atomic E-state index is 13.4. The van der Waals surface area contributed by atoms with Gasteiger partial charge in [0, 0.05) is 24.3 Å². The molecule has 0 radical (unpaired) electrons. The number of hydrogen-bond acceptors (Lipinski definition) is 3. The number of hydrogen-bond donors (Lipinski definition) is 0. The van der Waals surface area contributed by atoms with Crippen molar-refractivity contribution < 1.29 is 8.78 Å². The third kappa shape index (κ3) is 3.23. The van der Waals surface area contributed by atoms with Gasteiger partial charge in [-0.05, 0) is 18.6 Å². The number of benzene rings is 1. The summed E-state index contributed by atoms with van der Waals surface area (Å²) in [5.74, 6) is -0.531. The molecule has 2 nitrogen and oxygen atoms in total. The molecule has 0 aliphatic carbocycles. The van der Waals surface area contributed by atoms with Gasteiger partial charge >= 0.3 is 0 Å². The molecule has 0 saturated heterocycles. The zero-order valence-corrected chi connectivity index (χ0v) is 11.1. The summed E-state index contributed by atoms with van der Waals surface area (Å²) in [4.78, 5) is 0. The van der Waals surface area contributed by atoms with Gasteiger partial charge < -0.3 is 0 Å². The monoisotopic (exact) mass is 288 g/mol. The Morgan fingerprint density at radius 2 is 1.78 bits per heavy atom. The summed E-state index contributed by atoms with van der Waals surface area (Å²) < 4.78 is 26.9. The molecule has 0 unspecified atom stereocenters. The number of aromatic nitrogens is 2. The lowest BCUT2D eigenvalue weighted by Crippen LogP contribution is -1.96. The Morgan fingerprint density at radius 3 is 2.44 bits per heavy atom. The van der Waals surface area contributed by atoms with Crippen LogP contribution in [0.15, 0.2) is 18.2 Å². The highest BCUT2D eigenvalue weighted by molar-refractivity contribution is 7.11. The number of halogens is 3. The smallest absolute Gasteiger partial charge is 0.129 e. The highest BCUT2D eigenvalue weighted by atomic mass is 35.5. The molecule has 18 heavy (non-hydrogen) atoms. The molecule has 0 N–H and O–H groups in total. The van der Waals surface area contributed by atoms with Crippen LogP contribution in [0.4, 0.5) is 8.78 Å². The number of nitrogens with zero attached hydrogens (tertiary/aromatic N) is 2. The normalized spacial score (nSPS) is 10.8. The summed E-state index contributed by atoms with van der Waals surface area (Å²) in [5.41, 5.74) is 0.0394. The molecule has 0 atom stereocenters. The second-order valence-electron chi connectivity index (χ2n) is 3.76. The maximum Gasteiger partial charge on any atom is 0.129 e. The molecule has 0 amide bonds. The first-order valence-electron chi connectivity index (χ1n) is 5.51. The van der Waals surface area contributed by atoms with Gasteiger partial charge in [0.15, 0.2) is 0 Å². The molecule has 0 saturated carbocycles. The third-order valence-electron chi connectivity index (χ3n) is 2.42. The summed E-state index contributed by atoms with van der Waals surface area (Å²) in [5, 5.41) is 9.38. The van der Waals surface area contributed by atoms with E-state index in [9.17, 15) is 8.78 Å². The largest absolute Gasteiger partial charge is 0.207 e. The number of aryl methyl sites for hydroxylation is 1. The predicted molar refractivity (Wildman–Crippen MR) is 68.1 cm³/mol. The van der Waals surface area contributed by atoms with Gasteiger partial charge in [0.05, 0.1) is 0 Å². The summed E-state index contributed by atoms with van der Waals surface area (Å²) in [6.45, 7) is 0. The Labute approximate surface area is 113 Å². The van der Waals surface area contributed by atoms with E-state index in [-0.39, 0.29) is 12.0 Å². The van der Waals surface area contributed by atoms with E-state index in [4.69, 9.17) is 11.6 Å². The van der Waals surface area contributed by atoms with Gasteiger partial charge in [0.1, 0.15) is 21.6 Å². The van der Waals surface area contributed by atoms with Gasteiger partial charge in [-0.2, -0.15) is 0 Å². The van der Waals surface area contributed by atoms with Crippen LogP contribution >= 0.6 is 22.9 Å². The van der Waals surface area contributed by atoms with Crippen LogP contribution in [0.5, 0.6) is 0 Å². The van der Waals surface area contributed by atoms with Crippen molar-refractivity contribution in [2.45, 2.75) is 19.3 Å². The molecular formula is C12H11ClF2N2S. The topological polar surface area (TPSA) is 25.8 Å². The van der Waals surface area contributed by atoms with E-state index in [0.29, 0.717) is 10.9 Å². The Kier molecular flexibility index (Phi) is 4.60. The van der Waals surface area contributed by atoms with Crippen molar-refractivity contribution in [3.63, 3.8) is 0 Å². The fourth-order valence-electron chi connectivity index (χ4n) is 1.53. The van der Waals surface area contributed by atoms with E-state index in [0.717, 1.165) is 17.8 Å². The van der Waals surface area contributed by atoms with E-state index >= 15 is 0 Å². The molecule has 2 aromatic rings. The molecule has 0 fully saturated rings. The first kappa shape index (κ1) is 13.4. The van der Waals surface area contributed by atoms with Gasteiger partial charge in [-0.1, -0.05) is 6.07 Å². The summed E-state index contributed by atoms with van der Waals surface area (Å²) in [7, 11) is 0. The Hall–Kier alpha value is -1.07. The van der Waals surface area contributed by atoms with Crippen LogP contribution in [0.2, 0.25) is 0 Å². The van der Waals surface area contributed by atoms with E-state index in [1.807, 2.05) is 0 Å². The van der Waals surface area contributed by atoms with Crippen molar-refractivity contribution in [2.75, 3.05) is 5.88 Å². The lowest BCUT2D eigenvalue weighted by atomic mass is 10.1.